The number of hydrogen-bond donors (Lipinski definition) is 1. The molecule has 0 saturated heterocycles. The van der Waals surface area contributed by atoms with Gasteiger partial charge in [0.2, 0.25) is 0 Å². The highest BCUT2D eigenvalue weighted by Gasteiger charge is 1.86. The molecule has 0 bridgehead atoms. The monoisotopic (exact) mass is 215 g/mol. The molecule has 0 amide bonds. The highest BCUT2D eigenvalue weighted by Crippen LogP contribution is 1.82. The Morgan fingerprint density at radius 3 is 2.00 bits per heavy atom. The zero-order chi connectivity index (χ0) is 4.99. The van der Waals surface area contributed by atoms with Crippen molar-refractivity contribution in [2.24, 2.45) is 0 Å². The largest absolute Gasteiger partial charge is 0.317 e. The van der Waals surface area contributed by atoms with Gasteiger partial charge in [-0.1, -0.05) is 6.92 Å². The molecule has 0 aliphatic heterocycles. The first-order valence-corrected chi connectivity index (χ1v) is 2.48. The van der Waals surface area contributed by atoms with Gasteiger partial charge in [-0.15, -0.1) is 24.0 Å². The molecular formula is C5H14IN. The van der Waals surface area contributed by atoms with Gasteiger partial charge in [-0.05, 0) is 20.4 Å². The normalized spacial score (nSPS) is 12.4. The number of nitrogens with one attached hydrogen (secondary N) is 1. The Hall–Kier alpha value is 0.690. The van der Waals surface area contributed by atoms with Crippen molar-refractivity contribution in [3.8, 4) is 0 Å². The molecule has 0 radical (unpaired) electrons. The van der Waals surface area contributed by atoms with Crippen LogP contribution < -0.4 is 5.32 Å². The van der Waals surface area contributed by atoms with Gasteiger partial charge in [0.05, 0.1) is 0 Å². The van der Waals surface area contributed by atoms with Crippen molar-refractivity contribution in [1.29, 1.82) is 0 Å². The van der Waals surface area contributed by atoms with Crippen molar-refractivity contribution in [1.82, 2.24) is 5.32 Å². The van der Waals surface area contributed by atoms with Crippen molar-refractivity contribution >= 4 is 24.0 Å². The van der Waals surface area contributed by atoms with Crippen molar-refractivity contribution in [3.05, 3.63) is 0 Å². The third-order valence-corrected chi connectivity index (χ3v) is 1.11. The standard InChI is InChI=1S/C5H13N.HI/c1-4-5(2)6-3;/h5-6H,4H2,1-3H3;1H. The van der Waals surface area contributed by atoms with Gasteiger partial charge in [-0.25, -0.2) is 0 Å². The lowest BCUT2D eigenvalue weighted by atomic mass is 10.3. The summed E-state index contributed by atoms with van der Waals surface area (Å²) in [5.74, 6) is 0. The van der Waals surface area contributed by atoms with Crippen LogP contribution in [-0.2, 0) is 0 Å². The van der Waals surface area contributed by atoms with Gasteiger partial charge in [0.25, 0.3) is 0 Å². The molecule has 0 saturated carbocycles. The maximum Gasteiger partial charge on any atom is 0.00331 e. The minimum Gasteiger partial charge on any atom is -0.317 e. The van der Waals surface area contributed by atoms with Crippen LogP contribution in [0.2, 0.25) is 0 Å². The van der Waals surface area contributed by atoms with Gasteiger partial charge >= 0.3 is 0 Å². The maximum atomic E-state index is 3.11. The van der Waals surface area contributed by atoms with Crippen LogP contribution in [0.1, 0.15) is 20.3 Å². The molecule has 0 aromatic rings. The van der Waals surface area contributed by atoms with Crippen LogP contribution in [0.25, 0.3) is 0 Å². The Morgan fingerprint density at radius 2 is 2.00 bits per heavy atom. The van der Waals surface area contributed by atoms with Crippen molar-refractivity contribution < 1.29 is 0 Å². The third-order valence-electron chi connectivity index (χ3n) is 1.11. The summed E-state index contributed by atoms with van der Waals surface area (Å²) in [7, 11) is 1.98. The van der Waals surface area contributed by atoms with Gasteiger partial charge in [0.15, 0.2) is 0 Å². The van der Waals surface area contributed by atoms with Gasteiger partial charge in [0, 0.05) is 6.04 Å². The van der Waals surface area contributed by atoms with Crippen LogP contribution in [0.15, 0.2) is 0 Å². The molecule has 0 fully saturated rings. The van der Waals surface area contributed by atoms with Crippen LogP contribution in [0.3, 0.4) is 0 Å². The van der Waals surface area contributed by atoms with Crippen molar-refractivity contribution in [2.45, 2.75) is 26.3 Å². The zero-order valence-corrected chi connectivity index (χ0v) is 7.52. The molecule has 1 N–H and O–H groups in total. The Balaban J connectivity index is 0. The van der Waals surface area contributed by atoms with Gasteiger partial charge in [-0.3, -0.25) is 0 Å². The van der Waals surface area contributed by atoms with Crippen molar-refractivity contribution in [2.75, 3.05) is 7.05 Å². The van der Waals surface area contributed by atoms with E-state index in [4.69, 9.17) is 0 Å². The SMILES string of the molecule is CCC(C)NC.I. The molecule has 0 rings (SSSR count). The summed E-state index contributed by atoms with van der Waals surface area (Å²) in [5, 5.41) is 3.11. The van der Waals surface area contributed by atoms with E-state index in [1.54, 1.807) is 0 Å². The lowest BCUT2D eigenvalue weighted by Gasteiger charge is -2.02. The van der Waals surface area contributed by atoms with Crippen LogP contribution in [0.4, 0.5) is 0 Å². The highest BCUT2D eigenvalue weighted by molar-refractivity contribution is 14.0. The van der Waals surface area contributed by atoms with E-state index in [-0.39, 0.29) is 24.0 Å². The molecule has 0 aliphatic rings. The lowest BCUT2D eigenvalue weighted by Crippen LogP contribution is -2.19. The topological polar surface area (TPSA) is 12.0 Å². The van der Waals surface area contributed by atoms with E-state index in [1.165, 1.54) is 6.42 Å². The van der Waals surface area contributed by atoms with E-state index in [0.29, 0.717) is 6.04 Å². The molecule has 0 aromatic heterocycles. The van der Waals surface area contributed by atoms with E-state index in [0.717, 1.165) is 0 Å². The predicted molar refractivity (Wildman–Crippen MR) is 44.2 cm³/mol. The average molecular weight is 215 g/mol. The molecule has 2 heteroatoms. The van der Waals surface area contributed by atoms with E-state index < -0.39 is 0 Å². The van der Waals surface area contributed by atoms with Crippen LogP contribution in [-0.4, -0.2) is 13.1 Å². The van der Waals surface area contributed by atoms with E-state index in [1.807, 2.05) is 7.05 Å². The van der Waals surface area contributed by atoms with Crippen molar-refractivity contribution in [3.63, 3.8) is 0 Å². The molecule has 1 nitrogen and oxygen atoms in total. The first-order chi connectivity index (χ1) is 2.81. The van der Waals surface area contributed by atoms with E-state index in [2.05, 4.69) is 19.2 Å². The van der Waals surface area contributed by atoms with Crippen LogP contribution in [0.5, 0.6) is 0 Å². The Labute approximate surface area is 62.9 Å². The second-order valence-electron chi connectivity index (χ2n) is 1.60. The number of hydrogen-bond acceptors (Lipinski definition) is 1. The fourth-order valence-corrected chi connectivity index (χ4v) is 0.204. The maximum absolute atomic E-state index is 3.11. The average Bonchev–Trinajstić information content (AvgIpc) is 1.65. The molecule has 7 heavy (non-hydrogen) atoms. The number of halogens is 1. The fourth-order valence-electron chi connectivity index (χ4n) is 0.204. The smallest absolute Gasteiger partial charge is 0.00331 e. The van der Waals surface area contributed by atoms with Crippen LogP contribution in [0, 0.1) is 0 Å². The molecule has 0 spiro atoms. The Morgan fingerprint density at radius 1 is 1.57 bits per heavy atom. The molecule has 0 heterocycles. The third kappa shape index (κ3) is 6.69. The lowest BCUT2D eigenvalue weighted by molar-refractivity contribution is 0.593. The molecular weight excluding hydrogens is 201 g/mol. The minimum atomic E-state index is 0. The van der Waals surface area contributed by atoms with E-state index >= 15 is 0 Å². The summed E-state index contributed by atoms with van der Waals surface area (Å²) in [4.78, 5) is 0. The highest BCUT2D eigenvalue weighted by atomic mass is 127. The Kier molecular flexibility index (Phi) is 10.2. The minimum absolute atomic E-state index is 0. The van der Waals surface area contributed by atoms with Gasteiger partial charge < -0.3 is 5.32 Å². The summed E-state index contributed by atoms with van der Waals surface area (Å²) < 4.78 is 0. The quantitative estimate of drug-likeness (QED) is 0.690. The van der Waals surface area contributed by atoms with Gasteiger partial charge in [-0.2, -0.15) is 0 Å². The summed E-state index contributed by atoms with van der Waals surface area (Å²) in [6.45, 7) is 4.33. The first-order valence-electron chi connectivity index (χ1n) is 2.48. The van der Waals surface area contributed by atoms with Gasteiger partial charge in [0.1, 0.15) is 0 Å². The first kappa shape index (κ1) is 10.6. The molecule has 0 aromatic carbocycles. The summed E-state index contributed by atoms with van der Waals surface area (Å²) in [5.41, 5.74) is 0. The summed E-state index contributed by atoms with van der Waals surface area (Å²) >= 11 is 0. The predicted octanol–water partition coefficient (Wildman–Crippen LogP) is 1.62. The fraction of sp³-hybridized carbons (Fsp3) is 1.00. The zero-order valence-electron chi connectivity index (χ0n) is 5.19. The molecule has 0 aliphatic carbocycles. The van der Waals surface area contributed by atoms with Crippen LogP contribution >= 0.6 is 24.0 Å². The molecule has 1 atom stereocenters. The van der Waals surface area contributed by atoms with E-state index in [9.17, 15) is 0 Å². The number of rotatable bonds is 2. The molecule has 1 unspecified atom stereocenters. The second kappa shape index (κ2) is 6.69. The summed E-state index contributed by atoms with van der Waals surface area (Å²) in [6, 6.07) is 0.685. The summed E-state index contributed by atoms with van der Waals surface area (Å²) in [6.07, 6.45) is 1.22. The Bertz CT molecular complexity index is 27.3. The molecule has 46 valence electrons. The second-order valence-corrected chi connectivity index (χ2v) is 1.60.